The van der Waals surface area contributed by atoms with Crippen LogP contribution in [0.4, 0.5) is 0 Å². The molecule has 5 nitrogen and oxygen atoms in total. The molecule has 136 valence electrons. The molecule has 0 spiro atoms. The Morgan fingerprint density at radius 1 is 1.00 bits per heavy atom. The van der Waals surface area contributed by atoms with Crippen LogP contribution in [-0.4, -0.2) is 23.7 Å². The Labute approximate surface area is 157 Å². The molecule has 5 rings (SSSR count). The molecule has 3 aromatic rings. The summed E-state index contributed by atoms with van der Waals surface area (Å²) < 4.78 is 10.9. The standard InChI is InChI=1S/C22H20N2O3/c25-22(23-15-5-1-2-6-15)17-12-19(24-18-8-4-3-7-16(17)18)14-9-10-20-21(11-14)27-13-26-20/h3-4,7-12,15H,1-2,5-6,13H2,(H,23,25). The maximum atomic E-state index is 13.0. The molecule has 2 aromatic carbocycles. The van der Waals surface area contributed by atoms with Crippen molar-refractivity contribution in [3.05, 3.63) is 54.1 Å². The second-order valence-corrected chi connectivity index (χ2v) is 7.10. The number of rotatable bonds is 3. The molecule has 1 aromatic heterocycles. The van der Waals surface area contributed by atoms with E-state index in [1.54, 1.807) is 0 Å². The summed E-state index contributed by atoms with van der Waals surface area (Å²) in [4.78, 5) is 17.8. The molecule has 2 aliphatic rings. The normalized spacial score (nSPS) is 16.0. The zero-order valence-electron chi connectivity index (χ0n) is 14.9. The number of aromatic nitrogens is 1. The number of hydrogen-bond acceptors (Lipinski definition) is 4. The van der Waals surface area contributed by atoms with Crippen molar-refractivity contribution in [1.82, 2.24) is 10.3 Å². The molecule has 27 heavy (non-hydrogen) atoms. The highest BCUT2D eigenvalue weighted by molar-refractivity contribution is 6.07. The van der Waals surface area contributed by atoms with Crippen LogP contribution in [0.3, 0.4) is 0 Å². The highest BCUT2D eigenvalue weighted by atomic mass is 16.7. The first-order valence-electron chi connectivity index (χ1n) is 9.38. The van der Waals surface area contributed by atoms with Crippen LogP contribution < -0.4 is 14.8 Å². The fraction of sp³-hybridized carbons (Fsp3) is 0.273. The van der Waals surface area contributed by atoms with Crippen LogP contribution in [0.1, 0.15) is 36.0 Å². The minimum absolute atomic E-state index is 0.0255. The van der Waals surface area contributed by atoms with Gasteiger partial charge in [-0.3, -0.25) is 4.79 Å². The summed E-state index contributed by atoms with van der Waals surface area (Å²) >= 11 is 0. The quantitative estimate of drug-likeness (QED) is 0.756. The van der Waals surface area contributed by atoms with Crippen LogP contribution in [0.5, 0.6) is 11.5 Å². The third kappa shape index (κ3) is 2.99. The number of carbonyl (C=O) groups excluding carboxylic acids is 1. The average Bonchev–Trinajstić information content (AvgIpc) is 3.38. The van der Waals surface area contributed by atoms with Crippen molar-refractivity contribution in [2.45, 2.75) is 31.7 Å². The minimum Gasteiger partial charge on any atom is -0.454 e. The molecule has 1 aliphatic heterocycles. The van der Waals surface area contributed by atoms with Gasteiger partial charge in [0.2, 0.25) is 6.79 Å². The number of benzene rings is 2. The van der Waals surface area contributed by atoms with Gasteiger partial charge in [-0.2, -0.15) is 0 Å². The molecule has 0 atom stereocenters. The smallest absolute Gasteiger partial charge is 0.252 e. The number of hydrogen-bond donors (Lipinski definition) is 1. The van der Waals surface area contributed by atoms with E-state index in [9.17, 15) is 4.79 Å². The lowest BCUT2D eigenvalue weighted by molar-refractivity contribution is 0.0939. The summed E-state index contributed by atoms with van der Waals surface area (Å²) in [6.45, 7) is 0.235. The number of amides is 1. The summed E-state index contributed by atoms with van der Waals surface area (Å²) in [5.41, 5.74) is 3.13. The highest BCUT2D eigenvalue weighted by Crippen LogP contribution is 2.36. The fourth-order valence-electron chi connectivity index (χ4n) is 3.90. The van der Waals surface area contributed by atoms with E-state index < -0.39 is 0 Å². The van der Waals surface area contributed by atoms with Gasteiger partial charge >= 0.3 is 0 Å². The van der Waals surface area contributed by atoms with Crippen LogP contribution in [-0.2, 0) is 0 Å². The van der Waals surface area contributed by atoms with E-state index >= 15 is 0 Å². The van der Waals surface area contributed by atoms with Crippen molar-refractivity contribution in [2.75, 3.05) is 6.79 Å². The summed E-state index contributed by atoms with van der Waals surface area (Å²) in [7, 11) is 0. The summed E-state index contributed by atoms with van der Waals surface area (Å²) in [5.74, 6) is 1.42. The number of fused-ring (bicyclic) bond motifs is 2. The summed E-state index contributed by atoms with van der Waals surface area (Å²) in [6, 6.07) is 15.7. The van der Waals surface area contributed by atoms with E-state index in [2.05, 4.69) is 5.32 Å². The Hall–Kier alpha value is -3.08. The van der Waals surface area contributed by atoms with Gasteiger partial charge in [0.05, 0.1) is 16.8 Å². The Bertz CT molecular complexity index is 1030. The van der Waals surface area contributed by atoms with Gasteiger partial charge in [0, 0.05) is 17.0 Å². The Balaban J connectivity index is 1.58. The zero-order chi connectivity index (χ0) is 18.2. The third-order valence-electron chi connectivity index (χ3n) is 5.32. The first-order valence-corrected chi connectivity index (χ1v) is 9.38. The second-order valence-electron chi connectivity index (χ2n) is 7.10. The molecule has 1 fully saturated rings. The molecule has 0 saturated heterocycles. The summed E-state index contributed by atoms with van der Waals surface area (Å²) in [6.07, 6.45) is 4.49. The number of carbonyl (C=O) groups is 1. The van der Waals surface area contributed by atoms with Crippen LogP contribution in [0.2, 0.25) is 0 Å². The Morgan fingerprint density at radius 2 is 1.81 bits per heavy atom. The zero-order valence-corrected chi connectivity index (χ0v) is 14.9. The molecule has 1 N–H and O–H groups in total. The van der Waals surface area contributed by atoms with E-state index in [0.29, 0.717) is 11.3 Å². The largest absolute Gasteiger partial charge is 0.454 e. The van der Waals surface area contributed by atoms with Crippen molar-refractivity contribution in [3.8, 4) is 22.8 Å². The van der Waals surface area contributed by atoms with Gasteiger partial charge in [0.15, 0.2) is 11.5 Å². The Morgan fingerprint density at radius 3 is 2.70 bits per heavy atom. The van der Waals surface area contributed by atoms with Gasteiger partial charge in [-0.05, 0) is 43.2 Å². The molecule has 2 heterocycles. The van der Waals surface area contributed by atoms with E-state index in [-0.39, 0.29) is 18.7 Å². The van der Waals surface area contributed by atoms with Crippen LogP contribution in [0, 0.1) is 0 Å². The topological polar surface area (TPSA) is 60.5 Å². The molecule has 1 saturated carbocycles. The number of para-hydroxylation sites is 1. The van der Waals surface area contributed by atoms with Crippen molar-refractivity contribution < 1.29 is 14.3 Å². The maximum Gasteiger partial charge on any atom is 0.252 e. The van der Waals surface area contributed by atoms with Gasteiger partial charge < -0.3 is 14.8 Å². The van der Waals surface area contributed by atoms with Crippen LogP contribution in [0.15, 0.2) is 48.5 Å². The summed E-state index contributed by atoms with van der Waals surface area (Å²) in [5, 5.41) is 4.07. The van der Waals surface area contributed by atoms with Gasteiger partial charge in [-0.25, -0.2) is 4.98 Å². The predicted molar refractivity (Wildman–Crippen MR) is 103 cm³/mol. The first-order chi connectivity index (χ1) is 13.3. The lowest BCUT2D eigenvalue weighted by atomic mass is 10.0. The third-order valence-corrected chi connectivity index (χ3v) is 5.32. The van der Waals surface area contributed by atoms with Gasteiger partial charge in [-0.15, -0.1) is 0 Å². The van der Waals surface area contributed by atoms with Crippen molar-refractivity contribution in [2.24, 2.45) is 0 Å². The van der Waals surface area contributed by atoms with Crippen molar-refractivity contribution in [3.63, 3.8) is 0 Å². The number of ether oxygens (including phenoxy) is 2. The van der Waals surface area contributed by atoms with Crippen LogP contribution in [0.25, 0.3) is 22.2 Å². The van der Waals surface area contributed by atoms with Crippen molar-refractivity contribution >= 4 is 16.8 Å². The molecule has 1 aliphatic carbocycles. The SMILES string of the molecule is O=C(NC1CCCC1)c1cc(-c2ccc3c(c2)OCO3)nc2ccccc12. The number of pyridine rings is 1. The van der Waals surface area contributed by atoms with Crippen LogP contribution >= 0.6 is 0 Å². The minimum atomic E-state index is -0.0255. The molecule has 5 heteroatoms. The van der Waals surface area contributed by atoms with Crippen molar-refractivity contribution in [1.29, 1.82) is 0 Å². The Kier molecular flexibility index (Phi) is 3.93. The van der Waals surface area contributed by atoms with Gasteiger partial charge in [0.1, 0.15) is 0 Å². The average molecular weight is 360 g/mol. The molecular weight excluding hydrogens is 340 g/mol. The van der Waals surface area contributed by atoms with E-state index in [1.165, 1.54) is 12.8 Å². The maximum absolute atomic E-state index is 13.0. The lowest BCUT2D eigenvalue weighted by Gasteiger charge is -2.14. The predicted octanol–water partition coefficient (Wildman–Crippen LogP) is 4.30. The number of nitrogens with one attached hydrogen (secondary N) is 1. The number of nitrogens with zero attached hydrogens (tertiary/aromatic N) is 1. The molecule has 0 bridgehead atoms. The van der Waals surface area contributed by atoms with E-state index in [0.717, 1.165) is 40.8 Å². The highest BCUT2D eigenvalue weighted by Gasteiger charge is 2.21. The van der Waals surface area contributed by atoms with E-state index in [4.69, 9.17) is 14.5 Å². The monoisotopic (exact) mass is 360 g/mol. The van der Waals surface area contributed by atoms with E-state index in [1.807, 2.05) is 48.5 Å². The second kappa shape index (κ2) is 6.58. The first kappa shape index (κ1) is 16.1. The lowest BCUT2D eigenvalue weighted by Crippen LogP contribution is -2.32. The fourth-order valence-corrected chi connectivity index (χ4v) is 3.90. The molecule has 0 unspecified atom stereocenters. The van der Waals surface area contributed by atoms with Gasteiger partial charge in [-0.1, -0.05) is 31.0 Å². The molecular formula is C22H20N2O3. The molecule has 1 amide bonds. The van der Waals surface area contributed by atoms with Gasteiger partial charge in [0.25, 0.3) is 5.91 Å². The molecule has 0 radical (unpaired) electrons.